The van der Waals surface area contributed by atoms with E-state index in [0.717, 1.165) is 41.1 Å². The number of nitrogens with one attached hydrogen (secondary N) is 1. The van der Waals surface area contributed by atoms with Crippen LogP contribution in [0.1, 0.15) is 116 Å². The third-order valence-corrected chi connectivity index (χ3v) is 7.89. The normalized spacial score (nSPS) is 18.9. The molecule has 7 nitrogen and oxygen atoms in total. The molecule has 210 valence electrons. The minimum Gasteiger partial charge on any atom is -0.481 e. The molecule has 2 aromatic rings. The van der Waals surface area contributed by atoms with Gasteiger partial charge in [-0.15, -0.1) is 0 Å². The van der Waals surface area contributed by atoms with E-state index in [1.807, 2.05) is 13.0 Å². The Balaban J connectivity index is 2.12. The highest BCUT2D eigenvalue weighted by Crippen LogP contribution is 2.35. The second-order valence-corrected chi connectivity index (χ2v) is 14.1. The fourth-order valence-corrected chi connectivity index (χ4v) is 4.86. The molecule has 0 spiro atoms. The van der Waals surface area contributed by atoms with Gasteiger partial charge in [-0.05, 0) is 57.6 Å². The number of carboxylic acid groups (broad SMARTS) is 1. The highest BCUT2D eigenvalue weighted by molar-refractivity contribution is 5.97. The Morgan fingerprint density at radius 2 is 1.58 bits per heavy atom. The van der Waals surface area contributed by atoms with E-state index in [0.29, 0.717) is 11.5 Å². The van der Waals surface area contributed by atoms with E-state index in [-0.39, 0.29) is 23.3 Å². The number of nitrogens with zero attached hydrogens (tertiary/aromatic N) is 3. The second kappa shape index (κ2) is 10.8. The minimum atomic E-state index is -1.05. The number of aromatic nitrogens is 3. The number of hydrogen-bond donors (Lipinski definition) is 2. The Labute approximate surface area is 228 Å². The molecule has 1 fully saturated rings. The van der Waals surface area contributed by atoms with Gasteiger partial charge in [-0.2, -0.15) is 0 Å². The predicted octanol–water partition coefficient (Wildman–Crippen LogP) is 6.52. The van der Waals surface area contributed by atoms with Crippen molar-refractivity contribution in [2.75, 3.05) is 6.54 Å². The zero-order chi connectivity index (χ0) is 28.6. The SMILES string of the molecule is Cc1c(C(=O)NCC(C)(C)C(=O)O)cc(-c2cc(C(C)(C)C)nc(C(C)(C)C)n2)n1CC1CCC(C)CC1. The molecule has 38 heavy (non-hydrogen) atoms. The summed E-state index contributed by atoms with van der Waals surface area (Å²) in [7, 11) is 0. The predicted molar refractivity (Wildman–Crippen MR) is 152 cm³/mol. The molecular weight excluding hydrogens is 476 g/mol. The van der Waals surface area contributed by atoms with E-state index in [1.54, 1.807) is 13.8 Å². The van der Waals surface area contributed by atoms with Crippen LogP contribution in [0.2, 0.25) is 0 Å². The minimum absolute atomic E-state index is 0.0531. The van der Waals surface area contributed by atoms with Crippen LogP contribution in [-0.4, -0.2) is 38.1 Å². The maximum absolute atomic E-state index is 13.4. The second-order valence-electron chi connectivity index (χ2n) is 14.1. The van der Waals surface area contributed by atoms with Crippen LogP contribution in [0.25, 0.3) is 11.4 Å². The van der Waals surface area contributed by atoms with Crippen LogP contribution in [0.3, 0.4) is 0 Å². The summed E-state index contributed by atoms with van der Waals surface area (Å²) >= 11 is 0. The van der Waals surface area contributed by atoms with Crippen molar-refractivity contribution in [3.05, 3.63) is 34.9 Å². The maximum atomic E-state index is 13.4. The molecule has 1 aliphatic carbocycles. The van der Waals surface area contributed by atoms with Crippen molar-refractivity contribution in [3.63, 3.8) is 0 Å². The third kappa shape index (κ3) is 6.83. The molecule has 0 unspecified atom stereocenters. The smallest absolute Gasteiger partial charge is 0.310 e. The lowest BCUT2D eigenvalue weighted by Crippen LogP contribution is -2.39. The van der Waals surface area contributed by atoms with Crippen molar-refractivity contribution in [1.82, 2.24) is 19.9 Å². The number of carbonyl (C=O) groups excluding carboxylic acids is 1. The first-order valence-corrected chi connectivity index (χ1v) is 14.0. The summed E-state index contributed by atoms with van der Waals surface area (Å²) in [6.45, 7) is 21.3. The zero-order valence-corrected chi connectivity index (χ0v) is 25.2. The summed E-state index contributed by atoms with van der Waals surface area (Å²) in [6.07, 6.45) is 4.81. The average molecular weight is 525 g/mol. The lowest BCUT2D eigenvalue weighted by Gasteiger charge is -2.28. The van der Waals surface area contributed by atoms with Crippen LogP contribution in [0, 0.1) is 24.2 Å². The lowest BCUT2D eigenvalue weighted by molar-refractivity contribution is -0.146. The lowest BCUT2D eigenvalue weighted by atomic mass is 9.83. The monoisotopic (exact) mass is 524 g/mol. The molecule has 3 rings (SSSR count). The van der Waals surface area contributed by atoms with E-state index in [4.69, 9.17) is 9.97 Å². The quantitative estimate of drug-likeness (QED) is 0.430. The summed E-state index contributed by atoms with van der Waals surface area (Å²) in [5.41, 5.74) is 2.73. The van der Waals surface area contributed by atoms with Gasteiger partial charge in [0.2, 0.25) is 0 Å². The molecule has 1 saturated carbocycles. The van der Waals surface area contributed by atoms with Gasteiger partial charge in [0.15, 0.2) is 0 Å². The number of rotatable bonds is 7. The summed E-state index contributed by atoms with van der Waals surface area (Å²) in [6, 6.07) is 4.00. The fourth-order valence-electron chi connectivity index (χ4n) is 4.86. The van der Waals surface area contributed by atoms with E-state index in [2.05, 4.69) is 64.4 Å². The van der Waals surface area contributed by atoms with Crippen LogP contribution in [0.5, 0.6) is 0 Å². The largest absolute Gasteiger partial charge is 0.481 e. The first-order chi connectivity index (χ1) is 17.4. The van der Waals surface area contributed by atoms with Gasteiger partial charge in [0, 0.05) is 29.6 Å². The van der Waals surface area contributed by atoms with Crippen molar-refractivity contribution in [2.45, 2.75) is 112 Å². The van der Waals surface area contributed by atoms with E-state index < -0.39 is 11.4 Å². The van der Waals surface area contributed by atoms with Crippen molar-refractivity contribution in [1.29, 1.82) is 0 Å². The Bertz CT molecular complexity index is 1140. The number of amides is 1. The molecule has 0 atom stereocenters. The van der Waals surface area contributed by atoms with Gasteiger partial charge in [0.05, 0.1) is 28.1 Å². The molecule has 0 bridgehead atoms. The van der Waals surface area contributed by atoms with Crippen molar-refractivity contribution in [3.8, 4) is 11.4 Å². The summed E-state index contributed by atoms with van der Waals surface area (Å²) < 4.78 is 2.26. The highest BCUT2D eigenvalue weighted by Gasteiger charge is 2.30. The van der Waals surface area contributed by atoms with Crippen molar-refractivity contribution >= 4 is 11.9 Å². The molecule has 0 aliphatic heterocycles. The van der Waals surface area contributed by atoms with Gasteiger partial charge in [0.25, 0.3) is 5.91 Å². The van der Waals surface area contributed by atoms with Gasteiger partial charge in [-0.1, -0.05) is 61.3 Å². The summed E-state index contributed by atoms with van der Waals surface area (Å²) in [4.78, 5) is 34.9. The molecule has 0 saturated heterocycles. The zero-order valence-electron chi connectivity index (χ0n) is 25.2. The van der Waals surface area contributed by atoms with Crippen LogP contribution >= 0.6 is 0 Å². The molecule has 1 amide bonds. The van der Waals surface area contributed by atoms with Crippen molar-refractivity contribution in [2.24, 2.45) is 17.3 Å². The Kier molecular flexibility index (Phi) is 8.50. The van der Waals surface area contributed by atoms with Crippen LogP contribution in [-0.2, 0) is 22.2 Å². The van der Waals surface area contributed by atoms with E-state index in [1.165, 1.54) is 25.7 Å². The first-order valence-electron chi connectivity index (χ1n) is 14.0. The van der Waals surface area contributed by atoms with Crippen LogP contribution in [0.15, 0.2) is 12.1 Å². The van der Waals surface area contributed by atoms with Gasteiger partial charge < -0.3 is 15.0 Å². The van der Waals surface area contributed by atoms with Crippen LogP contribution < -0.4 is 5.32 Å². The van der Waals surface area contributed by atoms with E-state index in [9.17, 15) is 14.7 Å². The van der Waals surface area contributed by atoms with Crippen LogP contribution in [0.4, 0.5) is 0 Å². The average Bonchev–Trinajstić information content (AvgIpc) is 3.13. The van der Waals surface area contributed by atoms with E-state index >= 15 is 0 Å². The van der Waals surface area contributed by atoms with Gasteiger partial charge >= 0.3 is 5.97 Å². The molecule has 7 heteroatoms. The summed E-state index contributed by atoms with van der Waals surface area (Å²) in [5, 5.41) is 12.4. The maximum Gasteiger partial charge on any atom is 0.310 e. The number of aliphatic carboxylic acids is 1. The fraction of sp³-hybridized carbons (Fsp3) is 0.677. The Morgan fingerprint density at radius 1 is 0.974 bits per heavy atom. The van der Waals surface area contributed by atoms with Gasteiger partial charge in [-0.3, -0.25) is 9.59 Å². The molecule has 0 radical (unpaired) electrons. The summed E-state index contributed by atoms with van der Waals surface area (Å²) in [5.74, 6) is 0.899. The molecule has 2 N–H and O–H groups in total. The topological polar surface area (TPSA) is 97.1 Å². The molecule has 2 aromatic heterocycles. The molecule has 0 aromatic carbocycles. The number of carbonyl (C=O) groups is 2. The standard InChI is InChI=1S/C31H48N4O3/c1-19-11-13-21(14-12-19)17-35-20(2)22(26(36)32-18-31(9,10)28(37)38)15-24(35)23-16-25(29(3,4)5)34-27(33-23)30(6,7)8/h15-16,19,21H,11-14,17-18H2,1-10H3,(H,32,36)(H,37,38). The molecular formula is C31H48N4O3. The number of carboxylic acids is 1. The third-order valence-electron chi connectivity index (χ3n) is 7.89. The first kappa shape index (κ1) is 29.9. The Hall–Kier alpha value is -2.70. The molecule has 2 heterocycles. The van der Waals surface area contributed by atoms with Gasteiger partial charge in [-0.25, -0.2) is 9.97 Å². The Morgan fingerprint density at radius 3 is 2.11 bits per heavy atom. The van der Waals surface area contributed by atoms with Gasteiger partial charge in [0.1, 0.15) is 5.82 Å². The van der Waals surface area contributed by atoms with Crippen molar-refractivity contribution < 1.29 is 14.7 Å². The molecule has 1 aliphatic rings. The highest BCUT2D eigenvalue weighted by atomic mass is 16.4. The number of hydrogen-bond acceptors (Lipinski definition) is 4.